The molecule has 0 N–H and O–H groups in total. The number of para-hydroxylation sites is 1. The molecule has 0 aliphatic carbocycles. The second-order valence-electron chi connectivity index (χ2n) is 8.27. The van der Waals surface area contributed by atoms with Gasteiger partial charge in [0.2, 0.25) is 5.91 Å². The van der Waals surface area contributed by atoms with Crippen LogP contribution < -0.4 is 0 Å². The first-order chi connectivity index (χ1) is 14.3. The lowest BCUT2D eigenvalue weighted by molar-refractivity contribution is -0.138. The van der Waals surface area contributed by atoms with E-state index in [2.05, 4.69) is 58.3 Å². The largest absolute Gasteiger partial charge is 0.333 e. The number of likely N-dealkylation sites (tertiary alicyclic amines) is 2. The smallest absolute Gasteiger partial charge is 0.227 e. The van der Waals surface area contributed by atoms with Crippen molar-refractivity contribution in [1.29, 1.82) is 0 Å². The van der Waals surface area contributed by atoms with Gasteiger partial charge in [-0.15, -0.1) is 11.3 Å². The molecule has 0 bridgehead atoms. The van der Waals surface area contributed by atoms with Crippen molar-refractivity contribution in [3.05, 3.63) is 65.2 Å². The highest BCUT2D eigenvalue weighted by Gasteiger charge is 2.37. The number of nitrogens with zero attached hydrogens (tertiary/aromatic N) is 3. The van der Waals surface area contributed by atoms with Crippen LogP contribution in [0.3, 0.4) is 0 Å². The molecular weight excluding hydrogens is 378 g/mol. The minimum Gasteiger partial charge on any atom is -0.333 e. The fourth-order valence-corrected chi connectivity index (χ4v) is 5.91. The van der Waals surface area contributed by atoms with Gasteiger partial charge in [0, 0.05) is 19.6 Å². The third-order valence-corrected chi connectivity index (χ3v) is 7.37. The standard InChI is InChI=1S/C24H27N3OS/c28-24(19-10-6-14-26(17-19)16-18-8-2-1-3-9-18)27-15-7-12-21(27)23-25-20-11-4-5-13-22(20)29-23/h1-5,8-9,11,13,19,21H,6-7,10,12,14-17H2. The molecule has 2 aliphatic rings. The van der Waals surface area contributed by atoms with Crippen molar-refractivity contribution in [3.8, 4) is 0 Å². The molecule has 2 aromatic carbocycles. The molecule has 0 spiro atoms. The molecule has 3 aromatic rings. The Morgan fingerprint density at radius 1 is 1.00 bits per heavy atom. The number of aromatic nitrogens is 1. The Labute approximate surface area is 176 Å². The Hall–Kier alpha value is -2.24. The number of benzene rings is 2. The van der Waals surface area contributed by atoms with Gasteiger partial charge in [0.15, 0.2) is 0 Å². The van der Waals surface area contributed by atoms with E-state index in [-0.39, 0.29) is 12.0 Å². The average molecular weight is 406 g/mol. The average Bonchev–Trinajstić information content (AvgIpc) is 3.41. The van der Waals surface area contributed by atoms with Crippen LogP contribution in [0.5, 0.6) is 0 Å². The molecule has 2 saturated heterocycles. The molecule has 2 atom stereocenters. The number of fused-ring (bicyclic) bond motifs is 1. The van der Waals surface area contributed by atoms with E-state index in [0.717, 1.165) is 62.4 Å². The third kappa shape index (κ3) is 3.94. The predicted octanol–water partition coefficient (Wildman–Crippen LogP) is 4.87. The minimum atomic E-state index is 0.113. The quantitative estimate of drug-likeness (QED) is 0.621. The van der Waals surface area contributed by atoms with Crippen LogP contribution in [0, 0.1) is 5.92 Å². The normalized spacial score (nSPS) is 23.0. The van der Waals surface area contributed by atoms with Gasteiger partial charge in [-0.05, 0) is 49.9 Å². The van der Waals surface area contributed by atoms with Crippen LogP contribution >= 0.6 is 11.3 Å². The molecule has 2 aliphatic heterocycles. The van der Waals surface area contributed by atoms with Crippen molar-refractivity contribution in [2.24, 2.45) is 5.92 Å². The molecule has 0 saturated carbocycles. The zero-order valence-corrected chi connectivity index (χ0v) is 17.5. The topological polar surface area (TPSA) is 36.4 Å². The van der Waals surface area contributed by atoms with Gasteiger partial charge in [-0.3, -0.25) is 9.69 Å². The molecular formula is C24H27N3OS. The minimum absolute atomic E-state index is 0.113. The maximum atomic E-state index is 13.5. The number of amides is 1. The van der Waals surface area contributed by atoms with Gasteiger partial charge in [0.25, 0.3) is 0 Å². The first-order valence-electron chi connectivity index (χ1n) is 10.7. The Balaban J connectivity index is 1.29. The number of hydrogen-bond acceptors (Lipinski definition) is 4. The van der Waals surface area contributed by atoms with Gasteiger partial charge < -0.3 is 4.90 Å². The van der Waals surface area contributed by atoms with E-state index >= 15 is 0 Å². The lowest BCUT2D eigenvalue weighted by Gasteiger charge is -2.35. The molecule has 3 heterocycles. The van der Waals surface area contributed by atoms with Gasteiger partial charge in [-0.2, -0.15) is 0 Å². The fourth-order valence-electron chi connectivity index (χ4n) is 4.80. The van der Waals surface area contributed by atoms with Crippen molar-refractivity contribution in [2.75, 3.05) is 19.6 Å². The second-order valence-corrected chi connectivity index (χ2v) is 9.33. The summed E-state index contributed by atoms with van der Waals surface area (Å²) >= 11 is 1.75. The molecule has 5 rings (SSSR count). The molecule has 4 nitrogen and oxygen atoms in total. The summed E-state index contributed by atoms with van der Waals surface area (Å²) in [7, 11) is 0. The van der Waals surface area contributed by atoms with Gasteiger partial charge in [0.1, 0.15) is 5.01 Å². The van der Waals surface area contributed by atoms with Crippen LogP contribution in [0.4, 0.5) is 0 Å². The van der Waals surface area contributed by atoms with Crippen molar-refractivity contribution in [2.45, 2.75) is 38.3 Å². The number of carbonyl (C=O) groups excluding carboxylic acids is 1. The van der Waals surface area contributed by atoms with Crippen molar-refractivity contribution in [1.82, 2.24) is 14.8 Å². The zero-order chi connectivity index (χ0) is 19.6. The first kappa shape index (κ1) is 18.8. The molecule has 1 amide bonds. The zero-order valence-electron chi connectivity index (χ0n) is 16.7. The number of carbonyl (C=O) groups is 1. The van der Waals surface area contributed by atoms with Crippen LogP contribution in [-0.4, -0.2) is 40.3 Å². The Morgan fingerprint density at radius 2 is 1.79 bits per heavy atom. The third-order valence-electron chi connectivity index (χ3n) is 6.24. The van der Waals surface area contributed by atoms with E-state index < -0.39 is 0 Å². The van der Waals surface area contributed by atoms with Crippen molar-refractivity contribution < 1.29 is 4.79 Å². The monoisotopic (exact) mass is 405 g/mol. The second kappa shape index (κ2) is 8.25. The van der Waals surface area contributed by atoms with Crippen LogP contribution in [0.25, 0.3) is 10.2 Å². The SMILES string of the molecule is O=C(C1CCCN(Cc2ccccc2)C1)N1CCCC1c1nc2ccccc2s1. The van der Waals surface area contributed by atoms with Crippen molar-refractivity contribution >= 4 is 27.5 Å². The maximum absolute atomic E-state index is 13.5. The molecule has 150 valence electrons. The summed E-state index contributed by atoms with van der Waals surface area (Å²) in [4.78, 5) is 22.9. The lowest BCUT2D eigenvalue weighted by atomic mass is 9.95. The molecule has 29 heavy (non-hydrogen) atoms. The maximum Gasteiger partial charge on any atom is 0.227 e. The number of rotatable bonds is 4. The van der Waals surface area contributed by atoms with E-state index in [9.17, 15) is 4.79 Å². The van der Waals surface area contributed by atoms with Gasteiger partial charge in [-0.1, -0.05) is 42.5 Å². The summed E-state index contributed by atoms with van der Waals surface area (Å²) in [6.07, 6.45) is 4.22. The highest BCUT2D eigenvalue weighted by atomic mass is 32.1. The van der Waals surface area contributed by atoms with Gasteiger partial charge in [-0.25, -0.2) is 4.98 Å². The Morgan fingerprint density at radius 3 is 2.66 bits per heavy atom. The first-order valence-corrected chi connectivity index (χ1v) is 11.5. The van der Waals surface area contributed by atoms with Gasteiger partial charge in [0.05, 0.1) is 22.2 Å². The summed E-state index contributed by atoms with van der Waals surface area (Å²) in [6.45, 7) is 3.76. The Kier molecular flexibility index (Phi) is 5.34. The van der Waals surface area contributed by atoms with Crippen LogP contribution in [0.15, 0.2) is 54.6 Å². The van der Waals surface area contributed by atoms with E-state index in [1.165, 1.54) is 10.3 Å². The summed E-state index contributed by atoms with van der Waals surface area (Å²) in [5.41, 5.74) is 2.38. The fraction of sp³-hybridized carbons (Fsp3) is 0.417. The summed E-state index contributed by atoms with van der Waals surface area (Å²) in [5, 5.41) is 1.11. The van der Waals surface area contributed by atoms with E-state index in [4.69, 9.17) is 4.98 Å². The number of hydrogen-bond donors (Lipinski definition) is 0. The van der Waals surface area contributed by atoms with Gasteiger partial charge >= 0.3 is 0 Å². The summed E-state index contributed by atoms with van der Waals surface area (Å²) in [5.74, 6) is 0.451. The molecule has 5 heteroatoms. The summed E-state index contributed by atoms with van der Waals surface area (Å²) in [6, 6.07) is 19.0. The number of piperidine rings is 1. The highest BCUT2D eigenvalue weighted by molar-refractivity contribution is 7.18. The molecule has 2 unspecified atom stereocenters. The molecule has 0 radical (unpaired) electrons. The molecule has 2 fully saturated rings. The Bertz CT molecular complexity index is 953. The van der Waals surface area contributed by atoms with E-state index in [1.54, 1.807) is 11.3 Å². The lowest BCUT2D eigenvalue weighted by Crippen LogP contribution is -2.44. The summed E-state index contributed by atoms with van der Waals surface area (Å²) < 4.78 is 1.22. The van der Waals surface area contributed by atoms with E-state index in [1.807, 2.05) is 6.07 Å². The molecule has 1 aromatic heterocycles. The highest BCUT2D eigenvalue weighted by Crippen LogP contribution is 2.38. The number of thiazole rings is 1. The van der Waals surface area contributed by atoms with E-state index in [0.29, 0.717) is 5.91 Å². The predicted molar refractivity (Wildman–Crippen MR) is 118 cm³/mol. The van der Waals surface area contributed by atoms with Crippen LogP contribution in [0.1, 0.15) is 42.3 Å². The van der Waals surface area contributed by atoms with Crippen LogP contribution in [-0.2, 0) is 11.3 Å². The van der Waals surface area contributed by atoms with Crippen molar-refractivity contribution in [3.63, 3.8) is 0 Å². The van der Waals surface area contributed by atoms with Crippen LogP contribution in [0.2, 0.25) is 0 Å².